The zero-order valence-corrected chi connectivity index (χ0v) is 11.9. The van der Waals surface area contributed by atoms with E-state index in [1.54, 1.807) is 12.1 Å². The minimum atomic E-state index is -0.299. The summed E-state index contributed by atoms with van der Waals surface area (Å²) in [5, 5.41) is 9.29. The Morgan fingerprint density at radius 1 is 1.14 bits per heavy atom. The minimum absolute atomic E-state index is 0.251. The molecule has 1 aromatic heterocycles. The lowest BCUT2D eigenvalue weighted by Gasteiger charge is -2.07. The fourth-order valence-corrected chi connectivity index (χ4v) is 2.34. The van der Waals surface area contributed by atoms with E-state index in [9.17, 15) is 5.11 Å². The van der Waals surface area contributed by atoms with Crippen molar-refractivity contribution in [3.63, 3.8) is 0 Å². The molecule has 108 valence electrons. The van der Waals surface area contributed by atoms with Crippen LogP contribution in [-0.4, -0.2) is 10.1 Å². The van der Waals surface area contributed by atoms with Crippen molar-refractivity contribution >= 4 is 11.1 Å². The number of nitrogens with zero attached hydrogens (tertiary/aromatic N) is 1. The van der Waals surface area contributed by atoms with E-state index in [0.29, 0.717) is 12.3 Å². The van der Waals surface area contributed by atoms with Crippen LogP contribution < -0.4 is 5.73 Å². The molecule has 21 heavy (non-hydrogen) atoms. The molecule has 0 fully saturated rings. The van der Waals surface area contributed by atoms with Crippen molar-refractivity contribution < 1.29 is 9.52 Å². The van der Waals surface area contributed by atoms with Crippen LogP contribution in [0, 0.1) is 0 Å². The highest BCUT2D eigenvalue weighted by atomic mass is 16.3. The molecule has 4 heteroatoms. The molecule has 0 saturated heterocycles. The number of rotatable bonds is 4. The van der Waals surface area contributed by atoms with Gasteiger partial charge in [0.15, 0.2) is 5.58 Å². The van der Waals surface area contributed by atoms with Gasteiger partial charge >= 0.3 is 0 Å². The quantitative estimate of drug-likeness (QED) is 0.769. The van der Waals surface area contributed by atoms with Gasteiger partial charge < -0.3 is 15.3 Å². The monoisotopic (exact) mass is 282 g/mol. The Morgan fingerprint density at radius 2 is 1.86 bits per heavy atom. The molecular formula is C17H18N2O2. The Kier molecular flexibility index (Phi) is 3.62. The van der Waals surface area contributed by atoms with Gasteiger partial charge in [-0.2, -0.15) is 0 Å². The van der Waals surface area contributed by atoms with E-state index in [1.165, 1.54) is 5.56 Å². The Labute approximate surface area is 123 Å². The second-order valence-electron chi connectivity index (χ2n) is 5.18. The highest BCUT2D eigenvalue weighted by Crippen LogP contribution is 2.23. The molecule has 0 amide bonds. The summed E-state index contributed by atoms with van der Waals surface area (Å²) in [7, 11) is 0. The fraction of sp³-hybridized carbons (Fsp3) is 0.235. The number of aromatic nitrogens is 1. The van der Waals surface area contributed by atoms with Gasteiger partial charge in [-0.05, 0) is 48.2 Å². The molecule has 3 aromatic rings. The SMILES string of the molecule is CCc1ccc2oc(C(N)Cc3ccc(O)cc3)nc2c1. The first kappa shape index (κ1) is 13.6. The van der Waals surface area contributed by atoms with Crippen molar-refractivity contribution in [2.75, 3.05) is 0 Å². The van der Waals surface area contributed by atoms with Crippen LogP contribution in [0.2, 0.25) is 0 Å². The second-order valence-corrected chi connectivity index (χ2v) is 5.18. The first-order valence-corrected chi connectivity index (χ1v) is 7.08. The minimum Gasteiger partial charge on any atom is -0.508 e. The van der Waals surface area contributed by atoms with Crippen LogP contribution in [0.1, 0.15) is 30.0 Å². The van der Waals surface area contributed by atoms with Crippen molar-refractivity contribution in [1.82, 2.24) is 4.98 Å². The van der Waals surface area contributed by atoms with Crippen LogP contribution in [0.25, 0.3) is 11.1 Å². The van der Waals surface area contributed by atoms with E-state index in [-0.39, 0.29) is 11.8 Å². The van der Waals surface area contributed by atoms with Gasteiger partial charge in [-0.3, -0.25) is 0 Å². The molecule has 0 radical (unpaired) electrons. The summed E-state index contributed by atoms with van der Waals surface area (Å²) in [5.74, 6) is 0.799. The van der Waals surface area contributed by atoms with Crippen molar-refractivity contribution in [2.45, 2.75) is 25.8 Å². The number of hydrogen-bond acceptors (Lipinski definition) is 4. The first-order chi connectivity index (χ1) is 10.2. The number of oxazole rings is 1. The Balaban J connectivity index is 1.83. The largest absolute Gasteiger partial charge is 0.508 e. The van der Waals surface area contributed by atoms with Crippen LogP contribution in [-0.2, 0) is 12.8 Å². The number of fused-ring (bicyclic) bond motifs is 1. The van der Waals surface area contributed by atoms with E-state index in [4.69, 9.17) is 10.2 Å². The Bertz CT molecular complexity index is 747. The lowest BCUT2D eigenvalue weighted by molar-refractivity contribution is 0.470. The number of aryl methyl sites for hydroxylation is 1. The fourth-order valence-electron chi connectivity index (χ4n) is 2.34. The Morgan fingerprint density at radius 3 is 2.57 bits per heavy atom. The summed E-state index contributed by atoms with van der Waals surface area (Å²) in [6, 6.07) is 12.7. The van der Waals surface area contributed by atoms with E-state index in [2.05, 4.69) is 11.9 Å². The maximum Gasteiger partial charge on any atom is 0.212 e. The lowest BCUT2D eigenvalue weighted by atomic mass is 10.1. The third kappa shape index (κ3) is 2.90. The van der Waals surface area contributed by atoms with E-state index < -0.39 is 0 Å². The smallest absolute Gasteiger partial charge is 0.212 e. The Hall–Kier alpha value is -2.33. The highest BCUT2D eigenvalue weighted by Gasteiger charge is 2.15. The molecule has 1 unspecified atom stereocenters. The third-order valence-corrected chi connectivity index (χ3v) is 3.59. The molecule has 0 aliphatic rings. The number of nitrogens with two attached hydrogens (primary N) is 1. The van der Waals surface area contributed by atoms with Gasteiger partial charge in [0.05, 0.1) is 6.04 Å². The predicted octanol–water partition coefficient (Wildman–Crippen LogP) is 3.34. The van der Waals surface area contributed by atoms with E-state index >= 15 is 0 Å². The van der Waals surface area contributed by atoms with Crippen molar-refractivity contribution in [3.05, 3.63) is 59.5 Å². The van der Waals surface area contributed by atoms with Gasteiger partial charge in [0, 0.05) is 0 Å². The number of phenolic OH excluding ortho intramolecular Hbond substituents is 1. The van der Waals surface area contributed by atoms with Crippen LogP contribution in [0.3, 0.4) is 0 Å². The third-order valence-electron chi connectivity index (χ3n) is 3.59. The molecule has 0 aliphatic heterocycles. The van der Waals surface area contributed by atoms with Crippen LogP contribution in [0.4, 0.5) is 0 Å². The maximum atomic E-state index is 9.29. The van der Waals surface area contributed by atoms with Crippen LogP contribution >= 0.6 is 0 Å². The highest BCUT2D eigenvalue weighted by molar-refractivity contribution is 5.73. The summed E-state index contributed by atoms with van der Waals surface area (Å²) >= 11 is 0. The van der Waals surface area contributed by atoms with Crippen molar-refractivity contribution in [1.29, 1.82) is 0 Å². The van der Waals surface area contributed by atoms with Crippen LogP contribution in [0.15, 0.2) is 46.9 Å². The van der Waals surface area contributed by atoms with E-state index in [1.807, 2.05) is 30.3 Å². The molecule has 0 aliphatic carbocycles. The molecule has 0 saturated carbocycles. The van der Waals surface area contributed by atoms with Gasteiger partial charge in [0.25, 0.3) is 0 Å². The van der Waals surface area contributed by atoms with Gasteiger partial charge in [0.2, 0.25) is 5.89 Å². The summed E-state index contributed by atoms with van der Waals surface area (Å²) in [5.41, 5.74) is 10.1. The molecule has 3 rings (SSSR count). The van der Waals surface area contributed by atoms with Gasteiger partial charge in [-0.1, -0.05) is 25.1 Å². The number of phenols is 1. The summed E-state index contributed by atoms with van der Waals surface area (Å²) in [6.45, 7) is 2.11. The molecule has 0 bridgehead atoms. The van der Waals surface area contributed by atoms with Crippen molar-refractivity contribution in [2.24, 2.45) is 5.73 Å². The van der Waals surface area contributed by atoms with E-state index in [0.717, 1.165) is 23.1 Å². The average molecular weight is 282 g/mol. The number of benzene rings is 2. The van der Waals surface area contributed by atoms with Crippen LogP contribution in [0.5, 0.6) is 5.75 Å². The summed E-state index contributed by atoms with van der Waals surface area (Å²) in [4.78, 5) is 4.49. The summed E-state index contributed by atoms with van der Waals surface area (Å²) < 4.78 is 5.74. The maximum absolute atomic E-state index is 9.29. The molecule has 3 N–H and O–H groups in total. The number of hydrogen-bond donors (Lipinski definition) is 2. The molecular weight excluding hydrogens is 264 g/mol. The predicted molar refractivity (Wildman–Crippen MR) is 82.1 cm³/mol. The number of aromatic hydroxyl groups is 1. The van der Waals surface area contributed by atoms with Crippen molar-refractivity contribution in [3.8, 4) is 5.75 Å². The van der Waals surface area contributed by atoms with Gasteiger partial charge in [-0.25, -0.2) is 4.98 Å². The normalized spacial score (nSPS) is 12.7. The first-order valence-electron chi connectivity index (χ1n) is 7.08. The molecule has 2 aromatic carbocycles. The zero-order valence-electron chi connectivity index (χ0n) is 11.9. The van der Waals surface area contributed by atoms with Gasteiger partial charge in [0.1, 0.15) is 11.3 Å². The topological polar surface area (TPSA) is 72.3 Å². The summed E-state index contributed by atoms with van der Waals surface area (Å²) in [6.07, 6.45) is 1.59. The standard InChI is InChI=1S/C17H18N2O2/c1-2-11-5-8-16-15(10-11)19-17(21-16)14(18)9-12-3-6-13(20)7-4-12/h3-8,10,14,20H,2,9,18H2,1H3. The molecule has 1 heterocycles. The molecule has 4 nitrogen and oxygen atoms in total. The molecule has 0 spiro atoms. The lowest BCUT2D eigenvalue weighted by Crippen LogP contribution is -2.13. The zero-order chi connectivity index (χ0) is 14.8. The second kappa shape index (κ2) is 5.58. The molecule has 1 atom stereocenters. The van der Waals surface area contributed by atoms with Gasteiger partial charge in [-0.15, -0.1) is 0 Å². The average Bonchev–Trinajstić information content (AvgIpc) is 2.92.